The molecule has 0 radical (unpaired) electrons. The molecule has 0 bridgehead atoms. The maximum Gasteiger partial charge on any atom is 0.330 e. The van der Waals surface area contributed by atoms with E-state index in [2.05, 4.69) is 38.7 Å². The van der Waals surface area contributed by atoms with Crippen molar-refractivity contribution in [2.45, 2.75) is 36.9 Å². The minimum Gasteiger partial charge on any atom is -0.464 e. The molecule has 8 nitrogen and oxygen atoms in total. The van der Waals surface area contributed by atoms with Crippen molar-refractivity contribution in [3.8, 4) is 0 Å². The van der Waals surface area contributed by atoms with Gasteiger partial charge in [-0.2, -0.15) is 17.6 Å². The number of carbonyl (C=O) groups is 4. The average molecular weight is 440 g/mol. The lowest BCUT2D eigenvalue weighted by Gasteiger charge is -2.31. The summed E-state index contributed by atoms with van der Waals surface area (Å²) >= 11 is 0. The highest BCUT2D eigenvalue weighted by molar-refractivity contribution is 5.82. The van der Waals surface area contributed by atoms with Crippen LogP contribution >= 0.6 is 0 Å². The minimum atomic E-state index is -4.82. The molecule has 30 heavy (non-hydrogen) atoms. The summed E-state index contributed by atoms with van der Waals surface area (Å²) in [5, 5.41) is 0. The molecule has 0 aromatic carbocycles. The van der Waals surface area contributed by atoms with Gasteiger partial charge in [-0.15, -0.1) is 0 Å². The molecule has 0 saturated heterocycles. The second kappa shape index (κ2) is 12.4. The van der Waals surface area contributed by atoms with Crippen molar-refractivity contribution >= 4 is 24.4 Å². The van der Waals surface area contributed by atoms with Gasteiger partial charge in [0.05, 0.1) is 12.8 Å². The fourth-order valence-corrected chi connectivity index (χ4v) is 1.95. The largest absolute Gasteiger partial charge is 0.464 e. The Morgan fingerprint density at radius 3 is 1.53 bits per heavy atom. The number of hydrogen-bond donors (Lipinski definition) is 0. The molecule has 168 valence electrons. The van der Waals surface area contributed by atoms with Crippen molar-refractivity contribution < 1.29 is 55.7 Å². The van der Waals surface area contributed by atoms with Gasteiger partial charge in [0, 0.05) is 18.2 Å². The Bertz CT molecular complexity index is 663. The molecule has 12 heteroatoms. The topological polar surface area (TPSA) is 105 Å². The first kappa shape index (κ1) is 26.8. The predicted molar refractivity (Wildman–Crippen MR) is 92.5 cm³/mol. The van der Waals surface area contributed by atoms with Gasteiger partial charge in [-0.1, -0.05) is 19.7 Å². The third-order valence-electron chi connectivity index (χ3n) is 3.33. The fraction of sp³-hybridized carbons (Fsp3) is 0.444. The van der Waals surface area contributed by atoms with Crippen LogP contribution in [0.15, 0.2) is 38.0 Å². The summed E-state index contributed by atoms with van der Waals surface area (Å²) in [6.07, 6.45) is -5.48. The molecule has 0 aliphatic rings. The van der Waals surface area contributed by atoms with E-state index in [1.165, 1.54) is 0 Å². The van der Waals surface area contributed by atoms with Crippen LogP contribution in [0.3, 0.4) is 0 Å². The maximum absolute atomic E-state index is 14.3. The van der Waals surface area contributed by atoms with Gasteiger partial charge in [0.15, 0.2) is 0 Å². The number of rotatable bonds is 15. The van der Waals surface area contributed by atoms with Gasteiger partial charge in [0.25, 0.3) is 6.47 Å². The van der Waals surface area contributed by atoms with E-state index >= 15 is 0 Å². The van der Waals surface area contributed by atoms with Crippen molar-refractivity contribution in [2.75, 3.05) is 13.2 Å². The molecule has 0 aliphatic carbocycles. The SMILES string of the molecule is C=CC(=O)OCC(CC(F)(F)C(F)(F)CC(COC=O)OC(=O)C=C)OC(=O)C=C. The van der Waals surface area contributed by atoms with E-state index in [1.807, 2.05) is 0 Å². The molecule has 0 amide bonds. The van der Waals surface area contributed by atoms with Crippen molar-refractivity contribution in [1.29, 1.82) is 0 Å². The zero-order chi connectivity index (χ0) is 23.4. The smallest absolute Gasteiger partial charge is 0.330 e. The highest BCUT2D eigenvalue weighted by Crippen LogP contribution is 2.42. The molecular weight excluding hydrogens is 420 g/mol. The third-order valence-corrected chi connectivity index (χ3v) is 3.33. The number of ether oxygens (including phenoxy) is 4. The Morgan fingerprint density at radius 2 is 1.17 bits per heavy atom. The zero-order valence-corrected chi connectivity index (χ0v) is 15.7. The van der Waals surface area contributed by atoms with Gasteiger partial charge in [0.2, 0.25) is 0 Å². The minimum absolute atomic E-state index is 0.149. The Kier molecular flexibility index (Phi) is 11.1. The summed E-state index contributed by atoms with van der Waals surface area (Å²) in [6, 6.07) is 0. The van der Waals surface area contributed by atoms with E-state index in [-0.39, 0.29) is 6.47 Å². The first-order valence-electron chi connectivity index (χ1n) is 8.18. The summed E-state index contributed by atoms with van der Waals surface area (Å²) in [7, 11) is 0. The third kappa shape index (κ3) is 9.34. The number of hydrogen-bond acceptors (Lipinski definition) is 8. The van der Waals surface area contributed by atoms with Crippen molar-refractivity contribution in [1.82, 2.24) is 0 Å². The molecule has 0 aromatic rings. The van der Waals surface area contributed by atoms with Gasteiger partial charge >= 0.3 is 29.8 Å². The predicted octanol–water partition coefficient (Wildman–Crippen LogP) is 2.13. The molecule has 0 aromatic heterocycles. The molecular formula is C18H20F4O8. The lowest BCUT2D eigenvalue weighted by molar-refractivity contribution is -0.239. The van der Waals surface area contributed by atoms with E-state index in [0.717, 1.165) is 0 Å². The molecule has 0 N–H and O–H groups in total. The average Bonchev–Trinajstić information content (AvgIpc) is 2.68. The van der Waals surface area contributed by atoms with Crippen LogP contribution in [0.5, 0.6) is 0 Å². The standard InChI is InChI=1S/C18H20F4O8/c1-4-14(24)28-10-13(30-16(26)6-3)8-18(21,22)17(19,20)7-12(9-27-11-23)29-15(25)5-2/h4-6,11-13H,1-3,7-10H2. The van der Waals surface area contributed by atoms with Crippen molar-refractivity contribution in [3.05, 3.63) is 38.0 Å². The quantitative estimate of drug-likeness (QED) is 0.125. The Labute approximate surface area is 169 Å². The molecule has 0 aliphatic heterocycles. The van der Waals surface area contributed by atoms with E-state index in [9.17, 15) is 36.7 Å². The highest BCUT2D eigenvalue weighted by atomic mass is 19.3. The normalized spacial score (nSPS) is 13.2. The summed E-state index contributed by atoms with van der Waals surface area (Å²) < 4.78 is 74.9. The number of halogens is 4. The molecule has 0 rings (SSSR count). The van der Waals surface area contributed by atoms with E-state index < -0.39 is 68.0 Å². The molecule has 2 atom stereocenters. The highest BCUT2D eigenvalue weighted by Gasteiger charge is 2.58. The zero-order valence-electron chi connectivity index (χ0n) is 15.7. The second-order valence-corrected chi connectivity index (χ2v) is 5.61. The number of alkyl halides is 4. The van der Waals surface area contributed by atoms with Crippen LogP contribution in [0.2, 0.25) is 0 Å². The molecule has 0 fully saturated rings. The summed E-state index contributed by atoms with van der Waals surface area (Å²) in [5.74, 6) is -13.1. The van der Waals surface area contributed by atoms with Crippen LogP contribution in [0.4, 0.5) is 17.6 Å². The Morgan fingerprint density at radius 1 is 0.767 bits per heavy atom. The molecule has 2 unspecified atom stereocenters. The van der Waals surface area contributed by atoms with E-state index in [1.54, 1.807) is 0 Å². The van der Waals surface area contributed by atoms with Crippen LogP contribution in [0, 0.1) is 0 Å². The first-order chi connectivity index (χ1) is 13.9. The molecule has 0 saturated carbocycles. The van der Waals surface area contributed by atoms with E-state index in [0.29, 0.717) is 18.2 Å². The summed E-state index contributed by atoms with van der Waals surface area (Å²) in [6.45, 7) is 7.11. The fourth-order valence-electron chi connectivity index (χ4n) is 1.95. The lowest BCUT2D eigenvalue weighted by Crippen LogP contribution is -2.47. The molecule has 0 heterocycles. The summed E-state index contributed by atoms with van der Waals surface area (Å²) in [4.78, 5) is 43.8. The van der Waals surface area contributed by atoms with Crippen LogP contribution in [-0.4, -0.2) is 61.6 Å². The first-order valence-corrected chi connectivity index (χ1v) is 8.18. The second-order valence-electron chi connectivity index (χ2n) is 5.61. The van der Waals surface area contributed by atoms with Gasteiger partial charge in [0.1, 0.15) is 25.4 Å². The van der Waals surface area contributed by atoms with Gasteiger partial charge in [-0.3, -0.25) is 4.79 Å². The Hall–Kier alpha value is -3.18. The number of carbonyl (C=O) groups excluding carboxylic acids is 4. The Balaban J connectivity index is 5.44. The van der Waals surface area contributed by atoms with Gasteiger partial charge in [-0.05, 0) is 0 Å². The molecule has 0 spiro atoms. The maximum atomic E-state index is 14.3. The van der Waals surface area contributed by atoms with Crippen molar-refractivity contribution in [2.24, 2.45) is 0 Å². The number of esters is 3. The van der Waals surface area contributed by atoms with Crippen LogP contribution in [0.1, 0.15) is 12.8 Å². The van der Waals surface area contributed by atoms with E-state index in [4.69, 9.17) is 0 Å². The lowest BCUT2D eigenvalue weighted by atomic mass is 9.99. The van der Waals surface area contributed by atoms with Crippen LogP contribution < -0.4 is 0 Å². The van der Waals surface area contributed by atoms with Crippen LogP contribution in [0.25, 0.3) is 0 Å². The van der Waals surface area contributed by atoms with Gasteiger partial charge in [-0.25, -0.2) is 14.4 Å². The summed E-state index contributed by atoms with van der Waals surface area (Å²) in [5.41, 5.74) is 0. The monoisotopic (exact) mass is 440 g/mol. The van der Waals surface area contributed by atoms with Gasteiger partial charge < -0.3 is 18.9 Å². The van der Waals surface area contributed by atoms with Crippen LogP contribution in [-0.2, 0) is 38.1 Å². The van der Waals surface area contributed by atoms with Crippen molar-refractivity contribution in [3.63, 3.8) is 0 Å².